The third-order valence-electron chi connectivity index (χ3n) is 2.33. The smallest absolute Gasteiger partial charge is 0.258 e. The molecule has 2 aromatic rings. The van der Waals surface area contributed by atoms with Crippen LogP contribution < -0.4 is 11.5 Å². The number of anilines is 2. The van der Waals surface area contributed by atoms with Crippen molar-refractivity contribution >= 4 is 23.1 Å². The number of nitrogen functional groups attached to an aromatic ring is 2. The lowest BCUT2D eigenvalue weighted by atomic mass is 10.2. The van der Waals surface area contributed by atoms with Crippen molar-refractivity contribution < 1.29 is 4.52 Å². The van der Waals surface area contributed by atoms with Crippen molar-refractivity contribution in [1.82, 2.24) is 10.1 Å². The fraction of sp³-hybridized carbons (Fsp3) is 0.385. The van der Waals surface area contributed by atoms with Crippen molar-refractivity contribution in [2.75, 3.05) is 11.5 Å². The first-order valence-corrected chi connectivity index (χ1v) is 6.95. The molecule has 0 fully saturated rings. The van der Waals surface area contributed by atoms with E-state index in [1.807, 2.05) is 0 Å². The molecule has 1 aromatic carbocycles. The van der Waals surface area contributed by atoms with Crippen molar-refractivity contribution in [3.05, 3.63) is 24.0 Å². The summed E-state index contributed by atoms with van der Waals surface area (Å²) in [5.74, 6) is 1.84. The number of hydrogen-bond donors (Lipinski definition) is 2. The lowest BCUT2D eigenvalue weighted by Crippen LogP contribution is -2.07. The van der Waals surface area contributed by atoms with E-state index in [2.05, 4.69) is 30.9 Å². The molecular formula is C13H18N4OS. The molecule has 4 N–H and O–H groups in total. The summed E-state index contributed by atoms with van der Waals surface area (Å²) in [6, 6.07) is 5.23. The van der Waals surface area contributed by atoms with E-state index in [-0.39, 0.29) is 4.75 Å². The van der Waals surface area contributed by atoms with Gasteiger partial charge < -0.3 is 16.0 Å². The SMILES string of the molecule is CC(C)(C)SCc1noc(-c2cc(N)cc(N)c2)n1. The van der Waals surface area contributed by atoms with Crippen LogP contribution in [-0.2, 0) is 5.75 Å². The quantitative estimate of drug-likeness (QED) is 0.839. The lowest BCUT2D eigenvalue weighted by Gasteiger charge is -2.15. The zero-order valence-corrected chi connectivity index (χ0v) is 12.1. The topological polar surface area (TPSA) is 91.0 Å². The Kier molecular flexibility index (Phi) is 3.71. The maximum absolute atomic E-state index is 5.75. The number of aromatic nitrogens is 2. The highest BCUT2D eigenvalue weighted by molar-refractivity contribution is 7.99. The van der Waals surface area contributed by atoms with Gasteiger partial charge in [-0.25, -0.2) is 0 Å². The molecule has 0 aliphatic heterocycles. The summed E-state index contributed by atoms with van der Waals surface area (Å²) in [6.07, 6.45) is 0. The van der Waals surface area contributed by atoms with Crippen LogP contribution in [0, 0.1) is 0 Å². The van der Waals surface area contributed by atoms with E-state index < -0.39 is 0 Å². The van der Waals surface area contributed by atoms with Gasteiger partial charge in [0, 0.05) is 21.7 Å². The van der Waals surface area contributed by atoms with E-state index in [0.29, 0.717) is 28.8 Å². The minimum absolute atomic E-state index is 0.169. The summed E-state index contributed by atoms with van der Waals surface area (Å²) in [6.45, 7) is 6.45. The minimum Gasteiger partial charge on any atom is -0.399 e. The largest absolute Gasteiger partial charge is 0.399 e. The van der Waals surface area contributed by atoms with E-state index in [0.717, 1.165) is 5.56 Å². The Hall–Kier alpha value is -1.69. The summed E-state index contributed by atoms with van der Waals surface area (Å²) in [4.78, 5) is 4.36. The lowest BCUT2D eigenvalue weighted by molar-refractivity contribution is 0.425. The molecule has 0 spiro atoms. The summed E-state index contributed by atoms with van der Waals surface area (Å²) in [5, 5.41) is 3.97. The molecule has 0 atom stereocenters. The van der Waals surface area contributed by atoms with Crippen LogP contribution in [0.2, 0.25) is 0 Å². The summed E-state index contributed by atoms with van der Waals surface area (Å²) in [7, 11) is 0. The first-order valence-electron chi connectivity index (χ1n) is 5.96. The Morgan fingerprint density at radius 1 is 1.16 bits per heavy atom. The Labute approximate surface area is 116 Å². The van der Waals surface area contributed by atoms with Gasteiger partial charge in [-0.05, 0) is 18.2 Å². The predicted octanol–water partition coefficient (Wildman–Crippen LogP) is 2.93. The predicted molar refractivity (Wildman–Crippen MR) is 79.6 cm³/mol. The van der Waals surface area contributed by atoms with Crippen molar-refractivity contribution in [2.24, 2.45) is 0 Å². The molecule has 1 aromatic heterocycles. The zero-order valence-electron chi connectivity index (χ0n) is 11.3. The molecule has 6 heteroatoms. The van der Waals surface area contributed by atoms with Crippen molar-refractivity contribution in [2.45, 2.75) is 31.3 Å². The zero-order chi connectivity index (χ0) is 14.0. The molecule has 0 saturated heterocycles. The standard InChI is InChI=1S/C13H18N4OS/c1-13(2,3)19-7-11-16-12(18-17-11)8-4-9(14)6-10(15)5-8/h4-6H,7,14-15H2,1-3H3. The van der Waals surface area contributed by atoms with E-state index in [9.17, 15) is 0 Å². The van der Waals surface area contributed by atoms with Crippen molar-refractivity contribution in [3.63, 3.8) is 0 Å². The highest BCUT2D eigenvalue weighted by Crippen LogP contribution is 2.28. The van der Waals surface area contributed by atoms with Crippen LogP contribution in [0.4, 0.5) is 11.4 Å². The fourth-order valence-corrected chi connectivity index (χ4v) is 2.19. The number of nitrogens with two attached hydrogens (primary N) is 2. The molecule has 0 amide bonds. The Morgan fingerprint density at radius 2 is 1.79 bits per heavy atom. The first-order chi connectivity index (χ1) is 8.83. The molecule has 5 nitrogen and oxygen atoms in total. The van der Waals surface area contributed by atoms with Crippen molar-refractivity contribution in [3.8, 4) is 11.5 Å². The molecule has 1 heterocycles. The van der Waals surface area contributed by atoms with Crippen LogP contribution in [0.15, 0.2) is 22.7 Å². The van der Waals surface area contributed by atoms with Crippen molar-refractivity contribution in [1.29, 1.82) is 0 Å². The van der Waals surface area contributed by atoms with Gasteiger partial charge in [0.1, 0.15) is 0 Å². The molecule has 0 saturated carbocycles. The summed E-state index contributed by atoms with van der Waals surface area (Å²) < 4.78 is 5.41. The highest BCUT2D eigenvalue weighted by atomic mass is 32.2. The average Bonchev–Trinajstić information content (AvgIpc) is 2.72. The summed E-state index contributed by atoms with van der Waals surface area (Å²) >= 11 is 1.77. The van der Waals surface area contributed by atoms with E-state index in [1.165, 1.54) is 0 Å². The van der Waals surface area contributed by atoms with Gasteiger partial charge in [-0.1, -0.05) is 25.9 Å². The van der Waals surface area contributed by atoms with Gasteiger partial charge in [0.25, 0.3) is 5.89 Å². The molecule has 19 heavy (non-hydrogen) atoms. The van der Waals surface area contributed by atoms with Gasteiger partial charge in [0.15, 0.2) is 5.82 Å². The number of hydrogen-bond acceptors (Lipinski definition) is 6. The molecule has 0 aliphatic carbocycles. The van der Waals surface area contributed by atoms with Crippen LogP contribution >= 0.6 is 11.8 Å². The maximum atomic E-state index is 5.75. The first kappa shape index (κ1) is 13.7. The number of benzene rings is 1. The molecular weight excluding hydrogens is 260 g/mol. The van der Waals surface area contributed by atoms with Crippen LogP contribution in [0.3, 0.4) is 0 Å². The van der Waals surface area contributed by atoms with E-state index in [1.54, 1.807) is 30.0 Å². The normalized spacial score (nSPS) is 11.7. The third kappa shape index (κ3) is 3.89. The van der Waals surface area contributed by atoms with Gasteiger partial charge in [0.2, 0.25) is 0 Å². The second-order valence-electron chi connectivity index (χ2n) is 5.31. The van der Waals surface area contributed by atoms with Gasteiger partial charge in [-0.2, -0.15) is 4.98 Å². The molecule has 0 unspecified atom stereocenters. The van der Waals surface area contributed by atoms with Gasteiger partial charge in [-0.15, -0.1) is 11.8 Å². The fourth-order valence-electron chi connectivity index (χ4n) is 1.51. The number of thioether (sulfide) groups is 1. The minimum atomic E-state index is 0.169. The van der Waals surface area contributed by atoms with Gasteiger partial charge in [-0.3, -0.25) is 0 Å². The Bertz CT molecular complexity index is 554. The average molecular weight is 278 g/mol. The Balaban J connectivity index is 2.16. The summed E-state index contributed by atoms with van der Waals surface area (Å²) in [5.41, 5.74) is 13.4. The second-order valence-corrected chi connectivity index (χ2v) is 7.11. The second kappa shape index (κ2) is 5.13. The number of rotatable bonds is 3. The maximum Gasteiger partial charge on any atom is 0.258 e. The van der Waals surface area contributed by atoms with Crippen LogP contribution in [0.25, 0.3) is 11.5 Å². The number of nitrogens with zero attached hydrogens (tertiary/aromatic N) is 2. The molecule has 0 bridgehead atoms. The van der Waals surface area contributed by atoms with Gasteiger partial charge in [0.05, 0.1) is 5.75 Å². The van der Waals surface area contributed by atoms with E-state index >= 15 is 0 Å². The van der Waals surface area contributed by atoms with Crippen LogP contribution in [0.5, 0.6) is 0 Å². The molecule has 0 aliphatic rings. The highest BCUT2D eigenvalue weighted by Gasteiger charge is 2.15. The van der Waals surface area contributed by atoms with E-state index in [4.69, 9.17) is 16.0 Å². The Morgan fingerprint density at radius 3 is 2.37 bits per heavy atom. The third-order valence-corrected chi connectivity index (χ3v) is 3.60. The van der Waals surface area contributed by atoms with Crippen LogP contribution in [-0.4, -0.2) is 14.9 Å². The van der Waals surface area contributed by atoms with Gasteiger partial charge >= 0.3 is 0 Å². The molecule has 0 radical (unpaired) electrons. The molecule has 2 rings (SSSR count). The monoisotopic (exact) mass is 278 g/mol. The van der Waals surface area contributed by atoms with Crippen LogP contribution in [0.1, 0.15) is 26.6 Å². The molecule has 102 valence electrons.